The van der Waals surface area contributed by atoms with E-state index >= 15 is 0 Å². The summed E-state index contributed by atoms with van der Waals surface area (Å²) in [5.41, 5.74) is 0.843. The number of carbonyl (C=O) groups excluding carboxylic acids is 1. The number of nitrogens with one attached hydrogen (secondary N) is 1. The second-order valence-corrected chi connectivity index (χ2v) is 7.78. The Morgan fingerprint density at radius 2 is 1.87 bits per heavy atom. The van der Waals surface area contributed by atoms with Crippen LogP contribution in [0.25, 0.3) is 0 Å². The molecule has 1 aromatic carbocycles. The molecule has 2 N–H and O–H groups in total. The zero-order valence-electron chi connectivity index (χ0n) is 13.6. The number of anilines is 1. The van der Waals surface area contributed by atoms with Crippen LogP contribution in [0.15, 0.2) is 24.3 Å². The topological polar surface area (TPSA) is 52.6 Å². The van der Waals surface area contributed by atoms with Gasteiger partial charge in [0.05, 0.1) is 0 Å². The first-order valence-electron chi connectivity index (χ1n) is 8.59. The van der Waals surface area contributed by atoms with Crippen molar-refractivity contribution in [1.82, 2.24) is 4.90 Å². The second kappa shape index (κ2) is 7.69. The van der Waals surface area contributed by atoms with Gasteiger partial charge in [0, 0.05) is 18.0 Å². The fraction of sp³-hybridized carbons (Fsp3) is 0.611. The fourth-order valence-corrected chi connectivity index (χ4v) is 4.47. The minimum Gasteiger partial charge on any atom is -0.379 e. The van der Waals surface area contributed by atoms with Crippen molar-refractivity contribution in [3.05, 3.63) is 29.8 Å². The minimum absolute atomic E-state index is 0.275. The van der Waals surface area contributed by atoms with Gasteiger partial charge in [-0.25, -0.2) is 0 Å². The molecule has 23 heavy (non-hydrogen) atoms. The number of aliphatic hydroxyl groups is 1. The summed E-state index contributed by atoms with van der Waals surface area (Å²) in [6.45, 7) is 3.35. The number of carbonyl (C=O) groups is 1. The lowest BCUT2D eigenvalue weighted by Crippen LogP contribution is -2.42. The van der Waals surface area contributed by atoms with Gasteiger partial charge in [0.15, 0.2) is 5.60 Å². The van der Waals surface area contributed by atoms with Gasteiger partial charge >= 0.3 is 0 Å². The average Bonchev–Trinajstić information content (AvgIpc) is 2.85. The van der Waals surface area contributed by atoms with Crippen molar-refractivity contribution in [1.29, 1.82) is 0 Å². The van der Waals surface area contributed by atoms with E-state index < -0.39 is 5.60 Å². The van der Waals surface area contributed by atoms with Crippen LogP contribution in [0.1, 0.15) is 37.7 Å². The van der Waals surface area contributed by atoms with Gasteiger partial charge in [-0.15, -0.1) is 0 Å². The predicted molar refractivity (Wildman–Crippen MR) is 95.7 cm³/mol. The lowest BCUT2D eigenvalue weighted by Gasteiger charge is -2.21. The third-order valence-corrected chi connectivity index (χ3v) is 5.91. The summed E-state index contributed by atoms with van der Waals surface area (Å²) in [6.07, 6.45) is 5.83. The molecule has 0 radical (unpaired) electrons. The molecule has 0 saturated carbocycles. The summed E-state index contributed by atoms with van der Waals surface area (Å²) in [5, 5.41) is 13.1. The van der Waals surface area contributed by atoms with Crippen LogP contribution in [0.2, 0.25) is 0 Å². The van der Waals surface area contributed by atoms with Crippen LogP contribution in [0, 0.1) is 0 Å². The van der Waals surface area contributed by atoms with Crippen molar-refractivity contribution in [3.63, 3.8) is 0 Å². The highest BCUT2D eigenvalue weighted by Crippen LogP contribution is 2.29. The zero-order chi connectivity index (χ0) is 16.1. The van der Waals surface area contributed by atoms with Crippen LogP contribution >= 0.6 is 11.8 Å². The molecule has 2 saturated heterocycles. The molecule has 2 fully saturated rings. The Hall–Kier alpha value is -1.04. The predicted octanol–water partition coefficient (Wildman–Crippen LogP) is 2.87. The number of nitrogens with zero attached hydrogens (tertiary/aromatic N) is 1. The highest BCUT2D eigenvalue weighted by molar-refractivity contribution is 7.99. The minimum atomic E-state index is -1.20. The Balaban J connectivity index is 1.55. The SMILES string of the molecule is O=C(Nc1ccc(CN2CCCCCC2)cc1)C1(O)CCSC1. The molecule has 2 aliphatic heterocycles. The molecule has 3 rings (SSSR count). The van der Waals surface area contributed by atoms with Gasteiger partial charge in [0.2, 0.25) is 0 Å². The van der Waals surface area contributed by atoms with Gasteiger partial charge in [0.1, 0.15) is 0 Å². The van der Waals surface area contributed by atoms with E-state index in [1.165, 1.54) is 44.3 Å². The van der Waals surface area contributed by atoms with Crippen molar-refractivity contribution in [2.45, 2.75) is 44.2 Å². The lowest BCUT2D eigenvalue weighted by molar-refractivity contribution is -0.131. The van der Waals surface area contributed by atoms with E-state index in [1.54, 1.807) is 11.8 Å². The first-order chi connectivity index (χ1) is 11.2. The molecule has 1 unspecified atom stereocenters. The van der Waals surface area contributed by atoms with Crippen molar-refractivity contribution in [3.8, 4) is 0 Å². The van der Waals surface area contributed by atoms with Crippen LogP contribution in [0.4, 0.5) is 5.69 Å². The van der Waals surface area contributed by atoms with E-state index in [1.807, 2.05) is 12.1 Å². The molecule has 0 bridgehead atoms. The Bertz CT molecular complexity index is 518. The highest BCUT2D eigenvalue weighted by Gasteiger charge is 2.39. The number of rotatable bonds is 4. The van der Waals surface area contributed by atoms with Crippen LogP contribution in [-0.4, -0.2) is 46.1 Å². The van der Waals surface area contributed by atoms with Crippen LogP contribution in [0.3, 0.4) is 0 Å². The van der Waals surface area contributed by atoms with E-state index in [9.17, 15) is 9.90 Å². The summed E-state index contributed by atoms with van der Waals surface area (Å²) in [6, 6.07) is 8.04. The van der Waals surface area contributed by atoms with Crippen LogP contribution < -0.4 is 5.32 Å². The van der Waals surface area contributed by atoms with Crippen molar-refractivity contribution >= 4 is 23.4 Å². The molecular weight excluding hydrogens is 308 g/mol. The molecule has 1 atom stereocenters. The van der Waals surface area contributed by atoms with Gasteiger partial charge < -0.3 is 10.4 Å². The summed E-state index contributed by atoms with van der Waals surface area (Å²) in [4.78, 5) is 14.7. The fourth-order valence-electron chi connectivity index (χ4n) is 3.23. The van der Waals surface area contributed by atoms with E-state index in [-0.39, 0.29) is 5.91 Å². The van der Waals surface area contributed by atoms with E-state index in [0.717, 1.165) is 18.0 Å². The smallest absolute Gasteiger partial charge is 0.257 e. The summed E-state index contributed by atoms with van der Waals surface area (Å²) < 4.78 is 0. The second-order valence-electron chi connectivity index (χ2n) is 6.68. The van der Waals surface area contributed by atoms with E-state index in [0.29, 0.717) is 12.2 Å². The maximum Gasteiger partial charge on any atom is 0.257 e. The van der Waals surface area contributed by atoms with Crippen LogP contribution in [0.5, 0.6) is 0 Å². The number of likely N-dealkylation sites (tertiary alicyclic amines) is 1. The summed E-state index contributed by atoms with van der Waals surface area (Å²) >= 11 is 1.63. The molecule has 2 aliphatic rings. The number of hydrogen-bond acceptors (Lipinski definition) is 4. The van der Waals surface area contributed by atoms with Gasteiger partial charge in [0.25, 0.3) is 5.91 Å². The Kier molecular flexibility index (Phi) is 5.62. The molecule has 5 heteroatoms. The van der Waals surface area contributed by atoms with Gasteiger partial charge in [-0.1, -0.05) is 25.0 Å². The van der Waals surface area contributed by atoms with Crippen molar-refractivity contribution < 1.29 is 9.90 Å². The molecule has 0 spiro atoms. The molecular formula is C18H26N2O2S. The number of amides is 1. The van der Waals surface area contributed by atoms with E-state index in [4.69, 9.17) is 0 Å². The zero-order valence-corrected chi connectivity index (χ0v) is 14.4. The Labute approximate surface area is 142 Å². The highest BCUT2D eigenvalue weighted by atomic mass is 32.2. The Morgan fingerprint density at radius 3 is 2.48 bits per heavy atom. The lowest BCUT2D eigenvalue weighted by atomic mass is 10.0. The number of thioether (sulfide) groups is 1. The average molecular weight is 334 g/mol. The third kappa shape index (κ3) is 4.49. The summed E-state index contributed by atoms with van der Waals surface area (Å²) in [7, 11) is 0. The number of hydrogen-bond donors (Lipinski definition) is 2. The standard InChI is InChI=1S/C18H26N2O2S/c21-17(18(22)9-12-23-14-18)19-16-7-5-15(6-8-16)13-20-10-3-1-2-4-11-20/h5-8,22H,1-4,9-14H2,(H,19,21). The monoisotopic (exact) mass is 334 g/mol. The molecule has 4 nitrogen and oxygen atoms in total. The Morgan fingerprint density at radius 1 is 1.17 bits per heavy atom. The molecule has 1 amide bonds. The van der Waals surface area contributed by atoms with E-state index in [2.05, 4.69) is 22.3 Å². The quantitative estimate of drug-likeness (QED) is 0.889. The molecule has 1 aromatic rings. The van der Waals surface area contributed by atoms with Crippen molar-refractivity contribution in [2.75, 3.05) is 29.9 Å². The van der Waals surface area contributed by atoms with Gasteiger partial charge in [-0.3, -0.25) is 9.69 Å². The maximum absolute atomic E-state index is 12.2. The molecule has 2 heterocycles. The third-order valence-electron chi connectivity index (χ3n) is 4.74. The first kappa shape index (κ1) is 16.8. The molecule has 0 aromatic heterocycles. The van der Waals surface area contributed by atoms with Crippen molar-refractivity contribution in [2.24, 2.45) is 0 Å². The maximum atomic E-state index is 12.2. The number of benzene rings is 1. The van der Waals surface area contributed by atoms with Gasteiger partial charge in [-0.2, -0.15) is 11.8 Å². The van der Waals surface area contributed by atoms with Gasteiger partial charge in [-0.05, 0) is 55.8 Å². The van der Waals surface area contributed by atoms with Crippen LogP contribution in [-0.2, 0) is 11.3 Å². The molecule has 0 aliphatic carbocycles. The largest absolute Gasteiger partial charge is 0.379 e. The molecule has 126 valence electrons. The first-order valence-corrected chi connectivity index (χ1v) is 9.74. The summed E-state index contributed by atoms with van der Waals surface area (Å²) in [5.74, 6) is 1.06. The normalized spacial score (nSPS) is 26.0.